The maximum absolute atomic E-state index is 10.7. The first-order valence-corrected chi connectivity index (χ1v) is 7.62. The van der Waals surface area contributed by atoms with Crippen LogP contribution in [0.5, 0.6) is 0 Å². The molecule has 4 nitrogen and oxygen atoms in total. The summed E-state index contributed by atoms with van der Waals surface area (Å²) in [4.78, 5) is 13.2. The lowest BCUT2D eigenvalue weighted by molar-refractivity contribution is -0.136. The van der Waals surface area contributed by atoms with Crippen molar-refractivity contribution in [3.8, 4) is 0 Å². The van der Waals surface area contributed by atoms with Crippen LogP contribution in [-0.4, -0.2) is 42.3 Å². The highest BCUT2D eigenvalue weighted by Gasteiger charge is 2.31. The first-order chi connectivity index (χ1) is 10.1. The van der Waals surface area contributed by atoms with Crippen LogP contribution in [0.1, 0.15) is 30.9 Å². The third kappa shape index (κ3) is 5.14. The fourth-order valence-corrected chi connectivity index (χ4v) is 2.68. The van der Waals surface area contributed by atoms with Gasteiger partial charge in [-0.05, 0) is 36.8 Å². The first-order valence-electron chi connectivity index (χ1n) is 7.62. The molecule has 21 heavy (non-hydrogen) atoms. The highest BCUT2D eigenvalue weighted by Crippen LogP contribution is 2.35. The van der Waals surface area contributed by atoms with Crippen molar-refractivity contribution in [3.63, 3.8) is 0 Å². The molecule has 1 unspecified atom stereocenters. The van der Waals surface area contributed by atoms with E-state index in [1.165, 1.54) is 18.4 Å². The van der Waals surface area contributed by atoms with Crippen LogP contribution >= 0.6 is 0 Å². The highest BCUT2D eigenvalue weighted by atomic mass is 16.5. The van der Waals surface area contributed by atoms with Gasteiger partial charge in [-0.25, -0.2) is 0 Å². The minimum atomic E-state index is -0.785. The molecule has 0 amide bonds. The summed E-state index contributed by atoms with van der Waals surface area (Å²) in [5, 5.41) is 8.80. The minimum Gasteiger partial charge on any atom is -0.481 e. The first kappa shape index (κ1) is 16.0. The number of nitrogens with zero attached hydrogens (tertiary/aromatic N) is 1. The SMILES string of the molecule is COCCN(Cc1ccc(CC(=O)O)cc1)C(C)C1CC1. The summed E-state index contributed by atoms with van der Waals surface area (Å²) in [6, 6.07) is 8.49. The van der Waals surface area contributed by atoms with Gasteiger partial charge in [0.15, 0.2) is 0 Å². The van der Waals surface area contributed by atoms with Crippen molar-refractivity contribution in [1.29, 1.82) is 0 Å². The van der Waals surface area contributed by atoms with E-state index in [2.05, 4.69) is 11.8 Å². The van der Waals surface area contributed by atoms with Crippen molar-refractivity contribution >= 4 is 5.97 Å². The van der Waals surface area contributed by atoms with Gasteiger partial charge in [0, 0.05) is 26.2 Å². The highest BCUT2D eigenvalue weighted by molar-refractivity contribution is 5.70. The van der Waals surface area contributed by atoms with E-state index in [1.807, 2.05) is 24.3 Å². The largest absolute Gasteiger partial charge is 0.481 e. The lowest BCUT2D eigenvalue weighted by Gasteiger charge is -2.29. The molecule has 1 fully saturated rings. The Balaban J connectivity index is 1.96. The summed E-state index contributed by atoms with van der Waals surface area (Å²) in [5.74, 6) is 0.0416. The monoisotopic (exact) mass is 291 g/mol. The second kappa shape index (κ2) is 7.57. The minimum absolute atomic E-state index is 0.0894. The van der Waals surface area contributed by atoms with Gasteiger partial charge in [0.1, 0.15) is 0 Å². The van der Waals surface area contributed by atoms with Crippen molar-refractivity contribution < 1.29 is 14.6 Å². The number of benzene rings is 1. The standard InChI is InChI=1S/C17H25NO3/c1-13(16-7-8-16)18(9-10-21-2)12-15-5-3-14(4-6-15)11-17(19)20/h3-6,13,16H,7-12H2,1-2H3,(H,19,20). The third-order valence-electron chi connectivity index (χ3n) is 4.23. The van der Waals surface area contributed by atoms with Crippen molar-refractivity contribution in [3.05, 3.63) is 35.4 Å². The molecule has 0 saturated heterocycles. The topological polar surface area (TPSA) is 49.8 Å². The average molecular weight is 291 g/mol. The van der Waals surface area contributed by atoms with E-state index >= 15 is 0 Å². The van der Waals surface area contributed by atoms with Crippen LogP contribution in [0.15, 0.2) is 24.3 Å². The predicted molar refractivity (Wildman–Crippen MR) is 82.3 cm³/mol. The van der Waals surface area contributed by atoms with Gasteiger partial charge in [-0.1, -0.05) is 24.3 Å². The van der Waals surface area contributed by atoms with Crippen molar-refractivity contribution in [2.75, 3.05) is 20.3 Å². The number of carboxylic acid groups (broad SMARTS) is 1. The molecule has 0 spiro atoms. The van der Waals surface area contributed by atoms with E-state index in [4.69, 9.17) is 9.84 Å². The Morgan fingerprint density at radius 3 is 2.48 bits per heavy atom. The van der Waals surface area contributed by atoms with E-state index < -0.39 is 5.97 Å². The molecule has 1 atom stereocenters. The van der Waals surface area contributed by atoms with Gasteiger partial charge in [0.25, 0.3) is 0 Å². The van der Waals surface area contributed by atoms with Gasteiger partial charge >= 0.3 is 5.97 Å². The Morgan fingerprint density at radius 1 is 1.33 bits per heavy atom. The van der Waals surface area contributed by atoms with Gasteiger partial charge in [-0.2, -0.15) is 0 Å². The quantitative estimate of drug-likeness (QED) is 0.759. The maximum Gasteiger partial charge on any atom is 0.307 e. The van der Waals surface area contributed by atoms with Crippen molar-refractivity contribution in [1.82, 2.24) is 4.90 Å². The zero-order valence-corrected chi connectivity index (χ0v) is 12.9. The van der Waals surface area contributed by atoms with Crippen LogP contribution in [-0.2, 0) is 22.5 Å². The molecular formula is C17H25NO3. The molecule has 1 aromatic rings. The second-order valence-corrected chi connectivity index (χ2v) is 5.93. The van der Waals surface area contributed by atoms with Crippen molar-refractivity contribution in [2.45, 2.75) is 38.8 Å². The van der Waals surface area contributed by atoms with Gasteiger partial charge in [-0.3, -0.25) is 9.69 Å². The Hall–Kier alpha value is -1.39. The van der Waals surface area contributed by atoms with Crippen LogP contribution in [0, 0.1) is 5.92 Å². The van der Waals surface area contributed by atoms with E-state index in [-0.39, 0.29) is 6.42 Å². The summed E-state index contributed by atoms with van der Waals surface area (Å²) in [7, 11) is 1.74. The number of methoxy groups -OCH3 is 1. The van der Waals surface area contributed by atoms with Crippen LogP contribution < -0.4 is 0 Å². The van der Waals surface area contributed by atoms with Crippen LogP contribution in [0.25, 0.3) is 0 Å². The normalized spacial score (nSPS) is 16.1. The summed E-state index contributed by atoms with van der Waals surface area (Å²) in [6.07, 6.45) is 2.76. The average Bonchev–Trinajstić information content (AvgIpc) is 3.28. The Labute approximate surface area is 126 Å². The second-order valence-electron chi connectivity index (χ2n) is 5.93. The summed E-state index contributed by atoms with van der Waals surface area (Å²) < 4.78 is 5.22. The van der Waals surface area contributed by atoms with Crippen molar-refractivity contribution in [2.24, 2.45) is 5.92 Å². The lowest BCUT2D eigenvalue weighted by atomic mass is 10.1. The number of carbonyl (C=O) groups is 1. The smallest absolute Gasteiger partial charge is 0.307 e. The molecule has 1 saturated carbocycles. The molecule has 0 aliphatic heterocycles. The maximum atomic E-state index is 10.7. The lowest BCUT2D eigenvalue weighted by Crippen LogP contribution is -2.36. The van der Waals surface area contributed by atoms with E-state index in [0.717, 1.165) is 31.2 Å². The summed E-state index contributed by atoms with van der Waals surface area (Å²) in [5.41, 5.74) is 2.08. The summed E-state index contributed by atoms with van der Waals surface area (Å²) >= 11 is 0. The number of ether oxygens (including phenoxy) is 1. The molecule has 0 heterocycles. The Morgan fingerprint density at radius 2 is 1.95 bits per heavy atom. The van der Waals surface area contributed by atoms with E-state index in [1.54, 1.807) is 7.11 Å². The molecule has 1 aliphatic carbocycles. The number of carboxylic acids is 1. The Bertz CT molecular complexity index is 454. The Kier molecular flexibility index (Phi) is 5.76. The molecule has 1 N–H and O–H groups in total. The number of aliphatic carboxylic acids is 1. The predicted octanol–water partition coefficient (Wildman–Crippen LogP) is 2.56. The van der Waals surface area contributed by atoms with Crippen LogP contribution in [0.4, 0.5) is 0 Å². The molecule has 0 bridgehead atoms. The molecule has 1 aromatic carbocycles. The van der Waals surface area contributed by atoms with E-state index in [9.17, 15) is 4.79 Å². The van der Waals surface area contributed by atoms with Crippen LogP contribution in [0.2, 0.25) is 0 Å². The van der Waals surface area contributed by atoms with E-state index in [0.29, 0.717) is 6.04 Å². The number of rotatable bonds is 9. The zero-order chi connectivity index (χ0) is 15.2. The van der Waals surface area contributed by atoms with Gasteiger partial charge in [-0.15, -0.1) is 0 Å². The van der Waals surface area contributed by atoms with Crippen LogP contribution in [0.3, 0.4) is 0 Å². The molecule has 116 valence electrons. The molecule has 1 aliphatic rings. The third-order valence-corrected chi connectivity index (χ3v) is 4.23. The summed E-state index contributed by atoms with van der Waals surface area (Å²) in [6.45, 7) is 4.87. The van der Waals surface area contributed by atoms with Gasteiger partial charge in [0.05, 0.1) is 13.0 Å². The molecule has 0 aromatic heterocycles. The molecule has 2 rings (SSSR count). The number of hydrogen-bond acceptors (Lipinski definition) is 3. The fourth-order valence-electron chi connectivity index (χ4n) is 2.68. The van der Waals surface area contributed by atoms with Gasteiger partial charge in [0.2, 0.25) is 0 Å². The number of hydrogen-bond donors (Lipinski definition) is 1. The fraction of sp³-hybridized carbons (Fsp3) is 0.588. The molecule has 0 radical (unpaired) electrons. The molecule has 4 heteroatoms. The van der Waals surface area contributed by atoms with Gasteiger partial charge < -0.3 is 9.84 Å². The zero-order valence-electron chi connectivity index (χ0n) is 12.9. The molecular weight excluding hydrogens is 266 g/mol.